The van der Waals surface area contributed by atoms with Crippen LogP contribution in [0.2, 0.25) is 0 Å². The molecule has 13 heavy (non-hydrogen) atoms. The fourth-order valence-electron chi connectivity index (χ4n) is 1.14. The average molecular weight is 187 g/mol. The van der Waals surface area contributed by atoms with Crippen LogP contribution in [-0.4, -0.2) is 25.7 Å². The Morgan fingerprint density at radius 2 is 2.23 bits per heavy atom. The molecule has 0 rings (SSSR count). The van der Waals surface area contributed by atoms with Crippen molar-refractivity contribution in [1.82, 2.24) is 5.32 Å². The number of methoxy groups -OCH3 is 1. The van der Waals surface area contributed by atoms with Crippen molar-refractivity contribution in [2.24, 2.45) is 0 Å². The number of carbonyl (C=O) groups is 1. The molecular weight excluding hydrogens is 166 g/mol. The second kappa shape index (κ2) is 8.05. The molecule has 0 radical (unpaired) electrons. The van der Waals surface area contributed by atoms with Crippen LogP contribution >= 0.6 is 0 Å². The molecule has 0 aliphatic rings. The van der Waals surface area contributed by atoms with Crippen molar-refractivity contribution >= 4 is 5.97 Å². The van der Waals surface area contributed by atoms with Gasteiger partial charge in [-0.1, -0.05) is 19.8 Å². The minimum Gasteiger partial charge on any atom is -0.469 e. The van der Waals surface area contributed by atoms with E-state index in [2.05, 4.69) is 23.9 Å². The summed E-state index contributed by atoms with van der Waals surface area (Å²) < 4.78 is 4.53. The molecule has 0 aromatic rings. The zero-order chi connectivity index (χ0) is 10.1. The Hall–Kier alpha value is -0.570. The largest absolute Gasteiger partial charge is 0.469 e. The second-order valence-electron chi connectivity index (χ2n) is 3.32. The van der Waals surface area contributed by atoms with Crippen molar-refractivity contribution in [2.45, 2.75) is 45.6 Å². The molecule has 0 amide bonds. The van der Waals surface area contributed by atoms with Crippen LogP contribution in [-0.2, 0) is 9.53 Å². The molecule has 0 spiro atoms. The zero-order valence-corrected chi connectivity index (χ0v) is 8.93. The fraction of sp³-hybridized carbons (Fsp3) is 0.900. The van der Waals surface area contributed by atoms with E-state index in [4.69, 9.17) is 0 Å². The van der Waals surface area contributed by atoms with E-state index in [-0.39, 0.29) is 5.97 Å². The zero-order valence-electron chi connectivity index (χ0n) is 8.93. The third-order valence-electron chi connectivity index (χ3n) is 2.04. The normalized spacial score (nSPS) is 12.5. The van der Waals surface area contributed by atoms with E-state index >= 15 is 0 Å². The van der Waals surface area contributed by atoms with Gasteiger partial charge in [-0.3, -0.25) is 4.79 Å². The predicted octanol–water partition coefficient (Wildman–Crippen LogP) is 1.72. The number of nitrogens with one attached hydrogen (secondary N) is 1. The van der Waals surface area contributed by atoms with E-state index < -0.39 is 0 Å². The number of hydrogen-bond acceptors (Lipinski definition) is 3. The number of esters is 1. The van der Waals surface area contributed by atoms with Crippen molar-refractivity contribution in [2.75, 3.05) is 13.7 Å². The molecule has 78 valence electrons. The molecule has 0 aliphatic carbocycles. The number of carbonyl (C=O) groups excluding carboxylic acids is 1. The first kappa shape index (κ1) is 12.4. The van der Waals surface area contributed by atoms with Crippen LogP contribution in [0.5, 0.6) is 0 Å². The number of ether oxygens (including phenoxy) is 1. The lowest BCUT2D eigenvalue weighted by molar-refractivity contribution is -0.140. The van der Waals surface area contributed by atoms with Crippen molar-refractivity contribution in [1.29, 1.82) is 0 Å². The first-order valence-electron chi connectivity index (χ1n) is 5.00. The molecule has 1 unspecified atom stereocenters. The maximum absolute atomic E-state index is 10.7. The molecule has 0 aromatic carbocycles. The molecule has 0 saturated heterocycles. The van der Waals surface area contributed by atoms with Gasteiger partial charge in [0, 0.05) is 12.6 Å². The van der Waals surface area contributed by atoms with Gasteiger partial charge in [0.1, 0.15) is 0 Å². The Morgan fingerprint density at radius 1 is 1.54 bits per heavy atom. The van der Waals surface area contributed by atoms with Gasteiger partial charge in [-0.2, -0.15) is 0 Å². The lowest BCUT2D eigenvalue weighted by Gasteiger charge is -2.12. The molecule has 3 heteroatoms. The third kappa shape index (κ3) is 7.78. The van der Waals surface area contributed by atoms with E-state index in [9.17, 15) is 4.79 Å². The molecule has 1 atom stereocenters. The van der Waals surface area contributed by atoms with Crippen molar-refractivity contribution in [3.63, 3.8) is 0 Å². The summed E-state index contributed by atoms with van der Waals surface area (Å²) in [5, 5.41) is 3.28. The van der Waals surface area contributed by atoms with Crippen molar-refractivity contribution in [3.8, 4) is 0 Å². The summed E-state index contributed by atoms with van der Waals surface area (Å²) in [6, 6.07) is 0.504. The highest BCUT2D eigenvalue weighted by Gasteiger charge is 2.02. The van der Waals surface area contributed by atoms with Crippen molar-refractivity contribution in [3.05, 3.63) is 0 Å². The third-order valence-corrected chi connectivity index (χ3v) is 2.04. The Labute approximate surface area is 80.8 Å². The monoisotopic (exact) mass is 187 g/mol. The fourth-order valence-corrected chi connectivity index (χ4v) is 1.14. The van der Waals surface area contributed by atoms with Gasteiger partial charge in [0.15, 0.2) is 0 Å². The average Bonchev–Trinajstić information content (AvgIpc) is 2.14. The lowest BCUT2D eigenvalue weighted by atomic mass is 10.1. The molecular formula is C10H21NO2. The first-order chi connectivity index (χ1) is 6.20. The Bertz CT molecular complexity index is 137. The van der Waals surface area contributed by atoms with E-state index in [1.807, 2.05) is 0 Å². The number of unbranched alkanes of at least 4 members (excludes halogenated alkanes) is 1. The maximum atomic E-state index is 10.7. The number of rotatable bonds is 7. The minimum absolute atomic E-state index is 0.143. The molecule has 0 saturated carbocycles. The molecule has 0 aromatic heterocycles. The van der Waals surface area contributed by atoms with Gasteiger partial charge in [-0.25, -0.2) is 0 Å². The summed E-state index contributed by atoms with van der Waals surface area (Å²) in [5.74, 6) is -0.143. The minimum atomic E-state index is -0.143. The predicted molar refractivity (Wildman–Crippen MR) is 53.6 cm³/mol. The van der Waals surface area contributed by atoms with Crippen LogP contribution < -0.4 is 5.32 Å². The van der Waals surface area contributed by atoms with Crippen LogP contribution in [0.15, 0.2) is 0 Å². The summed E-state index contributed by atoms with van der Waals surface area (Å²) in [5.41, 5.74) is 0. The Morgan fingerprint density at radius 3 is 2.77 bits per heavy atom. The van der Waals surface area contributed by atoms with Crippen LogP contribution in [0.25, 0.3) is 0 Å². The van der Waals surface area contributed by atoms with E-state index in [0.717, 1.165) is 6.54 Å². The highest BCUT2D eigenvalue weighted by molar-refractivity contribution is 5.69. The molecule has 3 nitrogen and oxygen atoms in total. The number of hydrogen-bond donors (Lipinski definition) is 1. The van der Waals surface area contributed by atoms with Gasteiger partial charge in [0.25, 0.3) is 0 Å². The van der Waals surface area contributed by atoms with E-state index in [0.29, 0.717) is 12.5 Å². The van der Waals surface area contributed by atoms with Gasteiger partial charge in [-0.05, 0) is 13.3 Å². The summed E-state index contributed by atoms with van der Waals surface area (Å²) in [7, 11) is 1.42. The standard InChI is InChI=1S/C10H21NO2/c1-4-5-6-9(2)11-8-7-10(12)13-3/h9,11H,4-8H2,1-3H3. The molecule has 0 heterocycles. The van der Waals surface area contributed by atoms with Gasteiger partial charge in [0.05, 0.1) is 13.5 Å². The highest BCUT2D eigenvalue weighted by atomic mass is 16.5. The SMILES string of the molecule is CCCCC(C)NCCC(=O)OC. The second-order valence-corrected chi connectivity index (χ2v) is 3.32. The van der Waals surface area contributed by atoms with Crippen LogP contribution in [0.3, 0.4) is 0 Å². The maximum Gasteiger partial charge on any atom is 0.306 e. The Kier molecular flexibility index (Phi) is 7.69. The van der Waals surface area contributed by atoms with E-state index in [1.54, 1.807) is 0 Å². The van der Waals surface area contributed by atoms with E-state index in [1.165, 1.54) is 26.4 Å². The van der Waals surface area contributed by atoms with Gasteiger partial charge >= 0.3 is 5.97 Å². The smallest absolute Gasteiger partial charge is 0.306 e. The lowest BCUT2D eigenvalue weighted by Crippen LogP contribution is -2.28. The van der Waals surface area contributed by atoms with Crippen LogP contribution in [0.4, 0.5) is 0 Å². The molecule has 0 bridgehead atoms. The van der Waals surface area contributed by atoms with Crippen LogP contribution in [0, 0.1) is 0 Å². The quantitative estimate of drug-likeness (QED) is 0.617. The van der Waals surface area contributed by atoms with Crippen molar-refractivity contribution < 1.29 is 9.53 Å². The summed E-state index contributed by atoms with van der Waals surface area (Å²) in [4.78, 5) is 10.7. The van der Waals surface area contributed by atoms with Gasteiger partial charge < -0.3 is 10.1 Å². The molecule has 1 N–H and O–H groups in total. The summed E-state index contributed by atoms with van der Waals surface area (Å²) in [6.07, 6.45) is 4.11. The molecule has 0 aliphatic heterocycles. The highest BCUT2D eigenvalue weighted by Crippen LogP contribution is 1.99. The summed E-state index contributed by atoms with van der Waals surface area (Å²) >= 11 is 0. The topological polar surface area (TPSA) is 38.3 Å². The van der Waals surface area contributed by atoms with Gasteiger partial charge in [0.2, 0.25) is 0 Å². The Balaban J connectivity index is 3.26. The molecule has 0 fully saturated rings. The van der Waals surface area contributed by atoms with Crippen LogP contribution in [0.1, 0.15) is 39.5 Å². The summed E-state index contributed by atoms with van der Waals surface area (Å²) in [6.45, 7) is 5.05. The van der Waals surface area contributed by atoms with Gasteiger partial charge in [-0.15, -0.1) is 0 Å². The first-order valence-corrected chi connectivity index (χ1v) is 5.00.